The fraction of sp³-hybridized carbons (Fsp3) is 0.800. The summed E-state index contributed by atoms with van der Waals surface area (Å²) in [5, 5.41) is 8.21. The third-order valence-corrected chi connectivity index (χ3v) is 0.765. The highest BCUT2D eigenvalue weighted by Gasteiger charge is 2.37. The lowest BCUT2D eigenvalue weighted by Gasteiger charge is -2.11. The third kappa shape index (κ3) is 2.26. The zero-order valence-electron chi connectivity index (χ0n) is 5.43. The largest absolute Gasteiger partial charge is 0.462 e. The van der Waals surface area contributed by atoms with Gasteiger partial charge in [-0.3, -0.25) is 0 Å². The molecule has 10 heavy (non-hydrogen) atoms. The second kappa shape index (κ2) is 3.46. The predicted octanol–water partition coefficient (Wildman–Crippen LogP) is 0.177. The quantitative estimate of drug-likeness (QED) is 0.589. The first-order chi connectivity index (χ1) is 4.54. The molecule has 0 aliphatic carbocycles. The minimum absolute atomic E-state index is 0.0922. The van der Waals surface area contributed by atoms with Crippen LogP contribution in [0.25, 0.3) is 0 Å². The van der Waals surface area contributed by atoms with E-state index in [4.69, 9.17) is 5.11 Å². The SMILES string of the molecule is CCOC(=O)C(O)(F)CF. The minimum Gasteiger partial charge on any atom is -0.462 e. The second-order valence-electron chi connectivity index (χ2n) is 1.61. The first-order valence-electron chi connectivity index (χ1n) is 2.69. The first kappa shape index (κ1) is 9.29. The molecule has 0 saturated carbocycles. The van der Waals surface area contributed by atoms with E-state index in [1.54, 1.807) is 0 Å². The number of halogens is 2. The van der Waals surface area contributed by atoms with Gasteiger partial charge in [-0.15, -0.1) is 0 Å². The lowest BCUT2D eigenvalue weighted by Crippen LogP contribution is -2.37. The summed E-state index contributed by atoms with van der Waals surface area (Å²) in [6.07, 6.45) is 0. The van der Waals surface area contributed by atoms with Crippen molar-refractivity contribution in [2.45, 2.75) is 12.8 Å². The maximum Gasteiger partial charge on any atom is 0.374 e. The Balaban J connectivity index is 3.91. The first-order valence-corrected chi connectivity index (χ1v) is 2.69. The molecule has 0 fully saturated rings. The molecule has 0 aromatic rings. The summed E-state index contributed by atoms with van der Waals surface area (Å²) in [6, 6.07) is 0. The van der Waals surface area contributed by atoms with Gasteiger partial charge in [-0.1, -0.05) is 0 Å². The normalized spacial score (nSPS) is 16.0. The lowest BCUT2D eigenvalue weighted by molar-refractivity contribution is -0.189. The van der Waals surface area contributed by atoms with E-state index in [1.807, 2.05) is 0 Å². The summed E-state index contributed by atoms with van der Waals surface area (Å²) in [4.78, 5) is 10.2. The molecular weight excluding hydrogens is 146 g/mol. The molecule has 0 aromatic carbocycles. The zero-order chi connectivity index (χ0) is 8.20. The van der Waals surface area contributed by atoms with Gasteiger partial charge >= 0.3 is 11.8 Å². The number of carbonyl (C=O) groups excluding carboxylic acids is 1. The molecule has 0 saturated heterocycles. The number of aliphatic hydroxyl groups is 1. The van der Waals surface area contributed by atoms with Gasteiger partial charge in [-0.25, -0.2) is 9.18 Å². The van der Waals surface area contributed by atoms with E-state index >= 15 is 0 Å². The van der Waals surface area contributed by atoms with Crippen LogP contribution in [0.2, 0.25) is 0 Å². The van der Waals surface area contributed by atoms with Gasteiger partial charge in [0.15, 0.2) is 6.67 Å². The number of rotatable bonds is 3. The van der Waals surface area contributed by atoms with E-state index < -0.39 is 18.5 Å². The Morgan fingerprint density at radius 2 is 2.30 bits per heavy atom. The second-order valence-corrected chi connectivity index (χ2v) is 1.61. The fourth-order valence-corrected chi connectivity index (χ4v) is 0.296. The van der Waals surface area contributed by atoms with E-state index in [-0.39, 0.29) is 6.61 Å². The van der Waals surface area contributed by atoms with Crippen molar-refractivity contribution >= 4 is 5.97 Å². The highest BCUT2D eigenvalue weighted by atomic mass is 19.2. The summed E-state index contributed by atoms with van der Waals surface area (Å²) < 4.78 is 27.5. The van der Waals surface area contributed by atoms with Gasteiger partial charge in [0.25, 0.3) is 0 Å². The molecule has 3 nitrogen and oxygen atoms in total. The van der Waals surface area contributed by atoms with Crippen LogP contribution in [0.5, 0.6) is 0 Å². The van der Waals surface area contributed by atoms with E-state index in [2.05, 4.69) is 4.74 Å². The van der Waals surface area contributed by atoms with E-state index in [0.29, 0.717) is 0 Å². The van der Waals surface area contributed by atoms with Crippen LogP contribution in [0.15, 0.2) is 0 Å². The van der Waals surface area contributed by atoms with E-state index in [9.17, 15) is 13.6 Å². The summed E-state index contributed by atoms with van der Waals surface area (Å²) >= 11 is 0. The highest BCUT2D eigenvalue weighted by Crippen LogP contribution is 2.08. The Morgan fingerprint density at radius 1 is 1.80 bits per heavy atom. The maximum absolute atomic E-state index is 12.1. The smallest absolute Gasteiger partial charge is 0.374 e. The van der Waals surface area contributed by atoms with Crippen molar-refractivity contribution in [2.75, 3.05) is 13.3 Å². The molecular formula is C5H8F2O3. The van der Waals surface area contributed by atoms with Gasteiger partial charge in [-0.05, 0) is 6.92 Å². The molecule has 5 heteroatoms. The molecule has 60 valence electrons. The van der Waals surface area contributed by atoms with Crippen molar-refractivity contribution in [2.24, 2.45) is 0 Å². The van der Waals surface area contributed by atoms with Gasteiger partial charge in [0.05, 0.1) is 6.61 Å². The molecule has 0 rings (SSSR count). The Kier molecular flexibility index (Phi) is 3.21. The van der Waals surface area contributed by atoms with Crippen molar-refractivity contribution in [3.05, 3.63) is 0 Å². The highest BCUT2D eigenvalue weighted by molar-refractivity contribution is 5.77. The minimum atomic E-state index is -3.48. The number of hydrogen-bond acceptors (Lipinski definition) is 3. The molecule has 1 N–H and O–H groups in total. The molecule has 0 radical (unpaired) electrons. The lowest BCUT2D eigenvalue weighted by atomic mass is 10.3. The summed E-state index contributed by atoms with van der Waals surface area (Å²) in [5.74, 6) is -5.06. The summed E-state index contributed by atoms with van der Waals surface area (Å²) in [6.45, 7) is -0.455. The monoisotopic (exact) mass is 154 g/mol. The van der Waals surface area contributed by atoms with Crippen LogP contribution in [0.4, 0.5) is 8.78 Å². The standard InChI is InChI=1S/C5H8F2O3/c1-2-10-4(8)5(7,9)3-6/h9H,2-3H2,1H3. The molecule has 0 spiro atoms. The topological polar surface area (TPSA) is 46.5 Å². The number of carbonyl (C=O) groups is 1. The van der Waals surface area contributed by atoms with Crippen LogP contribution in [-0.2, 0) is 9.53 Å². The number of hydrogen-bond donors (Lipinski definition) is 1. The number of ether oxygens (including phenoxy) is 1. The van der Waals surface area contributed by atoms with Crippen molar-refractivity contribution in [3.63, 3.8) is 0 Å². The molecule has 0 heterocycles. The summed E-state index contributed by atoms with van der Waals surface area (Å²) in [5.41, 5.74) is 0. The van der Waals surface area contributed by atoms with Crippen LogP contribution < -0.4 is 0 Å². The molecule has 0 amide bonds. The van der Waals surface area contributed by atoms with Gasteiger partial charge in [0.2, 0.25) is 0 Å². The van der Waals surface area contributed by atoms with Gasteiger partial charge in [0.1, 0.15) is 0 Å². The Bertz CT molecular complexity index is 124. The molecule has 0 aromatic heterocycles. The zero-order valence-corrected chi connectivity index (χ0v) is 5.43. The summed E-state index contributed by atoms with van der Waals surface area (Å²) in [7, 11) is 0. The molecule has 0 bridgehead atoms. The number of esters is 1. The van der Waals surface area contributed by atoms with Crippen LogP contribution in [0, 0.1) is 0 Å². The molecule has 0 aliphatic heterocycles. The Hall–Kier alpha value is -0.710. The maximum atomic E-state index is 12.1. The van der Waals surface area contributed by atoms with E-state index in [0.717, 1.165) is 0 Å². The van der Waals surface area contributed by atoms with Crippen LogP contribution in [0.3, 0.4) is 0 Å². The van der Waals surface area contributed by atoms with Crippen molar-refractivity contribution in [1.29, 1.82) is 0 Å². The Morgan fingerprint density at radius 3 is 2.60 bits per heavy atom. The van der Waals surface area contributed by atoms with E-state index in [1.165, 1.54) is 6.92 Å². The van der Waals surface area contributed by atoms with Crippen molar-refractivity contribution in [3.8, 4) is 0 Å². The van der Waals surface area contributed by atoms with Gasteiger partial charge < -0.3 is 9.84 Å². The average Bonchev–Trinajstić information content (AvgIpc) is 1.89. The Labute approximate surface area is 56.6 Å². The van der Waals surface area contributed by atoms with Crippen molar-refractivity contribution < 1.29 is 23.4 Å². The predicted molar refractivity (Wildman–Crippen MR) is 28.7 cm³/mol. The van der Waals surface area contributed by atoms with Gasteiger partial charge in [-0.2, -0.15) is 4.39 Å². The molecule has 1 unspecified atom stereocenters. The van der Waals surface area contributed by atoms with Crippen molar-refractivity contribution in [1.82, 2.24) is 0 Å². The van der Waals surface area contributed by atoms with Gasteiger partial charge in [0, 0.05) is 0 Å². The third-order valence-electron chi connectivity index (χ3n) is 0.765. The van der Waals surface area contributed by atoms with Crippen LogP contribution in [0.1, 0.15) is 6.92 Å². The van der Waals surface area contributed by atoms with Crippen LogP contribution >= 0.6 is 0 Å². The number of alkyl halides is 2. The molecule has 1 atom stereocenters. The fourth-order valence-electron chi connectivity index (χ4n) is 0.296. The molecule has 0 aliphatic rings. The van der Waals surface area contributed by atoms with Crippen LogP contribution in [-0.4, -0.2) is 30.2 Å². The average molecular weight is 154 g/mol.